The van der Waals surface area contributed by atoms with Crippen LogP contribution in [0.5, 0.6) is 0 Å². The van der Waals surface area contributed by atoms with E-state index >= 15 is 0 Å². The van der Waals surface area contributed by atoms with Crippen molar-refractivity contribution in [1.82, 2.24) is 10.2 Å². The van der Waals surface area contributed by atoms with Crippen molar-refractivity contribution in [3.8, 4) is 0 Å². The molecule has 0 unspecified atom stereocenters. The Balaban J connectivity index is 0.00000116. The monoisotopic (exact) mass is 316 g/mol. The van der Waals surface area contributed by atoms with Crippen LogP contribution < -0.4 is 5.32 Å². The van der Waals surface area contributed by atoms with E-state index in [1.54, 1.807) is 6.07 Å². The number of nitrogens with zero attached hydrogens (tertiary/aromatic N) is 1. The molecule has 0 radical (unpaired) electrons. The van der Waals surface area contributed by atoms with E-state index in [1.807, 2.05) is 33.8 Å². The normalized spacial score (nSPS) is 16.4. The van der Waals surface area contributed by atoms with Crippen molar-refractivity contribution in [3.05, 3.63) is 34.9 Å². The maximum absolute atomic E-state index is 13.2. The van der Waals surface area contributed by atoms with E-state index in [0.29, 0.717) is 12.1 Å². The van der Waals surface area contributed by atoms with Gasteiger partial charge < -0.3 is 5.32 Å². The molecule has 0 bridgehead atoms. The SMILES string of the molecule is CC.CC(C)c1ccc(CN2CCNCC2)c(C(F)(F)F)c1. The standard InChI is InChI=1S/C15H21F3N2.C2H6/c1-11(2)12-3-4-13(14(9-12)15(16,17)18)10-20-7-5-19-6-8-20;1-2/h3-4,9,11,19H,5-8,10H2,1-2H3;1-2H3. The van der Waals surface area contributed by atoms with Gasteiger partial charge in [0.05, 0.1) is 5.56 Å². The summed E-state index contributed by atoms with van der Waals surface area (Å²) in [5.41, 5.74) is 0.632. The first-order chi connectivity index (χ1) is 10.4. The van der Waals surface area contributed by atoms with Gasteiger partial charge in [-0.05, 0) is 23.1 Å². The quantitative estimate of drug-likeness (QED) is 0.896. The molecule has 0 saturated carbocycles. The van der Waals surface area contributed by atoms with Gasteiger partial charge in [-0.1, -0.05) is 39.8 Å². The van der Waals surface area contributed by atoms with E-state index in [1.165, 1.54) is 6.07 Å². The summed E-state index contributed by atoms with van der Waals surface area (Å²) in [4.78, 5) is 2.07. The van der Waals surface area contributed by atoms with E-state index < -0.39 is 11.7 Å². The van der Waals surface area contributed by atoms with Gasteiger partial charge in [-0.25, -0.2) is 0 Å². The van der Waals surface area contributed by atoms with Crippen LogP contribution in [0.3, 0.4) is 0 Å². The molecule has 1 aromatic rings. The first kappa shape index (κ1) is 19.0. The van der Waals surface area contributed by atoms with Crippen LogP contribution in [-0.2, 0) is 12.7 Å². The highest BCUT2D eigenvalue weighted by Gasteiger charge is 2.34. The first-order valence-corrected chi connectivity index (χ1v) is 8.01. The number of alkyl halides is 3. The minimum atomic E-state index is -4.28. The van der Waals surface area contributed by atoms with Crippen molar-refractivity contribution in [2.75, 3.05) is 26.2 Å². The lowest BCUT2D eigenvalue weighted by molar-refractivity contribution is -0.138. The molecule has 0 aromatic heterocycles. The zero-order valence-electron chi connectivity index (χ0n) is 13.9. The molecule has 0 atom stereocenters. The lowest BCUT2D eigenvalue weighted by Crippen LogP contribution is -2.43. The minimum Gasteiger partial charge on any atom is -0.314 e. The topological polar surface area (TPSA) is 15.3 Å². The van der Waals surface area contributed by atoms with Gasteiger partial charge in [0.1, 0.15) is 0 Å². The zero-order valence-corrected chi connectivity index (χ0v) is 13.9. The van der Waals surface area contributed by atoms with Gasteiger partial charge in [-0.2, -0.15) is 13.2 Å². The maximum atomic E-state index is 13.2. The highest BCUT2D eigenvalue weighted by molar-refractivity contribution is 5.35. The average Bonchev–Trinajstić information content (AvgIpc) is 2.49. The molecule has 0 amide bonds. The van der Waals surface area contributed by atoms with E-state index in [-0.39, 0.29) is 5.92 Å². The van der Waals surface area contributed by atoms with Crippen molar-refractivity contribution in [3.63, 3.8) is 0 Å². The zero-order chi connectivity index (χ0) is 16.8. The predicted molar refractivity (Wildman–Crippen MR) is 85.0 cm³/mol. The lowest BCUT2D eigenvalue weighted by atomic mass is 9.96. The number of hydrogen-bond donors (Lipinski definition) is 1. The van der Waals surface area contributed by atoms with Crippen molar-refractivity contribution >= 4 is 0 Å². The molecular formula is C17H27F3N2. The second-order valence-corrected chi connectivity index (χ2v) is 5.60. The first-order valence-electron chi connectivity index (χ1n) is 8.01. The smallest absolute Gasteiger partial charge is 0.314 e. The minimum absolute atomic E-state index is 0.101. The van der Waals surface area contributed by atoms with Crippen molar-refractivity contribution in [2.45, 2.75) is 46.3 Å². The Kier molecular flexibility index (Phi) is 7.36. The Morgan fingerprint density at radius 3 is 2.23 bits per heavy atom. The molecule has 0 aliphatic carbocycles. The fourth-order valence-corrected chi connectivity index (χ4v) is 2.47. The van der Waals surface area contributed by atoms with Crippen molar-refractivity contribution in [1.29, 1.82) is 0 Å². The summed E-state index contributed by atoms with van der Waals surface area (Å²) >= 11 is 0. The summed E-state index contributed by atoms with van der Waals surface area (Å²) < 4.78 is 39.6. The molecule has 2 nitrogen and oxygen atoms in total. The molecule has 1 heterocycles. The van der Waals surface area contributed by atoms with Crippen LogP contribution in [0.1, 0.15) is 50.3 Å². The van der Waals surface area contributed by atoms with Crippen LogP contribution in [0, 0.1) is 0 Å². The van der Waals surface area contributed by atoms with E-state index in [9.17, 15) is 13.2 Å². The molecule has 0 spiro atoms. The Morgan fingerprint density at radius 2 is 1.73 bits per heavy atom. The molecule has 126 valence electrons. The second-order valence-electron chi connectivity index (χ2n) is 5.60. The van der Waals surface area contributed by atoms with Crippen LogP contribution in [0.15, 0.2) is 18.2 Å². The van der Waals surface area contributed by atoms with Crippen LogP contribution in [0.25, 0.3) is 0 Å². The molecule has 5 heteroatoms. The average molecular weight is 316 g/mol. The van der Waals surface area contributed by atoms with Crippen molar-refractivity contribution < 1.29 is 13.2 Å². The lowest BCUT2D eigenvalue weighted by Gasteiger charge is -2.28. The van der Waals surface area contributed by atoms with Gasteiger partial charge in [0, 0.05) is 32.7 Å². The van der Waals surface area contributed by atoms with E-state index in [2.05, 4.69) is 10.2 Å². The fraction of sp³-hybridized carbons (Fsp3) is 0.647. The van der Waals surface area contributed by atoms with E-state index in [0.717, 1.165) is 31.7 Å². The van der Waals surface area contributed by atoms with Crippen LogP contribution >= 0.6 is 0 Å². The Bertz CT molecular complexity index is 450. The fourth-order valence-electron chi connectivity index (χ4n) is 2.47. The van der Waals surface area contributed by atoms with Gasteiger partial charge in [0.2, 0.25) is 0 Å². The summed E-state index contributed by atoms with van der Waals surface area (Å²) in [7, 11) is 0. The molecule has 1 aliphatic rings. The summed E-state index contributed by atoms with van der Waals surface area (Å²) in [6.45, 7) is 11.5. The molecule has 1 aliphatic heterocycles. The molecule has 1 N–H and O–H groups in total. The van der Waals surface area contributed by atoms with Crippen molar-refractivity contribution in [2.24, 2.45) is 0 Å². The highest BCUT2D eigenvalue weighted by atomic mass is 19.4. The largest absolute Gasteiger partial charge is 0.416 e. The summed E-state index contributed by atoms with van der Waals surface area (Å²) in [5, 5.41) is 3.21. The van der Waals surface area contributed by atoms with Crippen LogP contribution in [0.2, 0.25) is 0 Å². The number of nitrogens with one attached hydrogen (secondary N) is 1. The summed E-state index contributed by atoms with van der Waals surface area (Å²) in [6.07, 6.45) is -4.28. The van der Waals surface area contributed by atoms with Crippen LogP contribution in [-0.4, -0.2) is 31.1 Å². The van der Waals surface area contributed by atoms with Gasteiger partial charge >= 0.3 is 6.18 Å². The highest BCUT2D eigenvalue weighted by Crippen LogP contribution is 2.34. The van der Waals surface area contributed by atoms with Gasteiger partial charge in [-0.3, -0.25) is 4.90 Å². The Hall–Kier alpha value is -1.07. The molecule has 22 heavy (non-hydrogen) atoms. The van der Waals surface area contributed by atoms with Gasteiger partial charge in [0.25, 0.3) is 0 Å². The summed E-state index contributed by atoms with van der Waals surface area (Å²) in [6, 6.07) is 4.76. The second kappa shape index (κ2) is 8.53. The molecule has 1 aromatic carbocycles. The third-order valence-electron chi connectivity index (χ3n) is 3.71. The Labute approximate surface area is 131 Å². The number of hydrogen-bond acceptors (Lipinski definition) is 2. The third kappa shape index (κ3) is 5.29. The number of benzene rings is 1. The third-order valence-corrected chi connectivity index (χ3v) is 3.71. The van der Waals surface area contributed by atoms with Gasteiger partial charge in [0.15, 0.2) is 0 Å². The summed E-state index contributed by atoms with van der Waals surface area (Å²) in [5.74, 6) is 0.101. The number of rotatable bonds is 3. The van der Waals surface area contributed by atoms with Gasteiger partial charge in [-0.15, -0.1) is 0 Å². The number of piperazine rings is 1. The molecular weight excluding hydrogens is 289 g/mol. The molecule has 1 saturated heterocycles. The van der Waals surface area contributed by atoms with Crippen LogP contribution in [0.4, 0.5) is 13.2 Å². The molecule has 2 rings (SSSR count). The number of halogens is 3. The molecule has 1 fully saturated rings. The van der Waals surface area contributed by atoms with E-state index in [4.69, 9.17) is 0 Å². The Morgan fingerprint density at radius 1 is 1.14 bits per heavy atom. The predicted octanol–water partition coefficient (Wildman–Crippen LogP) is 4.26. The maximum Gasteiger partial charge on any atom is 0.416 e.